The summed E-state index contributed by atoms with van der Waals surface area (Å²) in [6, 6.07) is 0. The van der Waals surface area contributed by atoms with Crippen molar-refractivity contribution in [3.8, 4) is 0 Å². The van der Waals surface area contributed by atoms with E-state index in [0.717, 1.165) is 0 Å². The van der Waals surface area contributed by atoms with Gasteiger partial charge in [0.15, 0.2) is 6.29 Å². The summed E-state index contributed by atoms with van der Waals surface area (Å²) >= 11 is 0. The minimum atomic E-state index is -1.69. The standard InChI is InChI=1S/C12H23NO10/c13-11-8(19)7(18)10(4(2-15)21-11)23-12-9(20)6(17)5(16)3(1-14)22-12/h3-12,14-20H,1-2,13H2/t3-,4-,5-,6+,7-,8-,9-,10-,11?,12-/m1/s1. The van der Waals surface area contributed by atoms with Gasteiger partial charge in [-0.2, -0.15) is 0 Å². The van der Waals surface area contributed by atoms with Crippen molar-refractivity contribution in [2.45, 2.75) is 61.3 Å². The Hall–Kier alpha value is -0.440. The first-order chi connectivity index (χ1) is 10.8. The molecule has 0 radical (unpaired) electrons. The highest BCUT2D eigenvalue weighted by Gasteiger charge is 2.49. The molecule has 23 heavy (non-hydrogen) atoms. The van der Waals surface area contributed by atoms with Gasteiger partial charge < -0.3 is 55.7 Å². The molecule has 0 saturated carbocycles. The fourth-order valence-electron chi connectivity index (χ4n) is 2.62. The van der Waals surface area contributed by atoms with E-state index in [2.05, 4.69) is 0 Å². The molecule has 0 aliphatic carbocycles. The van der Waals surface area contributed by atoms with Crippen LogP contribution in [0.3, 0.4) is 0 Å². The van der Waals surface area contributed by atoms with Gasteiger partial charge in [0.2, 0.25) is 0 Å². The summed E-state index contributed by atoms with van der Waals surface area (Å²) in [6.07, 6.45) is -14.4. The summed E-state index contributed by atoms with van der Waals surface area (Å²) in [4.78, 5) is 0. The second kappa shape index (κ2) is 7.63. The Morgan fingerprint density at radius 3 is 1.91 bits per heavy atom. The molecule has 10 atom stereocenters. The Balaban J connectivity index is 2.11. The van der Waals surface area contributed by atoms with Gasteiger partial charge in [0.05, 0.1) is 13.2 Å². The molecule has 11 heteroatoms. The van der Waals surface area contributed by atoms with E-state index in [1.54, 1.807) is 0 Å². The minimum absolute atomic E-state index is 0.598. The zero-order chi connectivity index (χ0) is 17.3. The van der Waals surface area contributed by atoms with Crippen molar-refractivity contribution in [1.29, 1.82) is 0 Å². The maximum Gasteiger partial charge on any atom is 0.187 e. The Bertz CT molecular complexity index is 383. The summed E-state index contributed by atoms with van der Waals surface area (Å²) in [5.41, 5.74) is 5.46. The van der Waals surface area contributed by atoms with Crippen molar-refractivity contribution < 1.29 is 50.0 Å². The lowest BCUT2D eigenvalue weighted by Gasteiger charge is -2.45. The van der Waals surface area contributed by atoms with Crippen LogP contribution in [0.2, 0.25) is 0 Å². The van der Waals surface area contributed by atoms with E-state index in [4.69, 9.17) is 25.1 Å². The van der Waals surface area contributed by atoms with E-state index >= 15 is 0 Å². The molecule has 2 aliphatic heterocycles. The zero-order valence-corrected chi connectivity index (χ0v) is 12.1. The van der Waals surface area contributed by atoms with Crippen LogP contribution in [0.1, 0.15) is 0 Å². The maximum absolute atomic E-state index is 10.0. The average molecular weight is 341 g/mol. The third kappa shape index (κ3) is 3.65. The second-order valence-electron chi connectivity index (χ2n) is 5.60. The van der Waals surface area contributed by atoms with E-state index in [9.17, 15) is 30.6 Å². The quantitative estimate of drug-likeness (QED) is 0.243. The molecule has 0 amide bonds. The average Bonchev–Trinajstić information content (AvgIpc) is 2.55. The molecule has 136 valence electrons. The van der Waals surface area contributed by atoms with Crippen LogP contribution in [0.15, 0.2) is 0 Å². The third-order valence-corrected chi connectivity index (χ3v) is 4.04. The van der Waals surface area contributed by atoms with Gasteiger partial charge in [0.25, 0.3) is 0 Å². The highest BCUT2D eigenvalue weighted by Crippen LogP contribution is 2.28. The molecule has 2 aliphatic rings. The van der Waals surface area contributed by atoms with Crippen molar-refractivity contribution in [2.75, 3.05) is 13.2 Å². The first-order valence-corrected chi connectivity index (χ1v) is 7.15. The van der Waals surface area contributed by atoms with Crippen molar-refractivity contribution in [2.24, 2.45) is 5.73 Å². The molecule has 2 saturated heterocycles. The molecule has 1 unspecified atom stereocenters. The molecule has 0 bridgehead atoms. The van der Waals surface area contributed by atoms with Crippen LogP contribution >= 0.6 is 0 Å². The van der Waals surface area contributed by atoms with Crippen molar-refractivity contribution in [3.63, 3.8) is 0 Å². The highest BCUT2D eigenvalue weighted by molar-refractivity contribution is 4.94. The Morgan fingerprint density at radius 1 is 0.739 bits per heavy atom. The molecule has 2 fully saturated rings. The van der Waals surface area contributed by atoms with Crippen LogP contribution < -0.4 is 5.73 Å². The smallest absolute Gasteiger partial charge is 0.187 e. The van der Waals surface area contributed by atoms with Crippen molar-refractivity contribution >= 4 is 0 Å². The number of rotatable bonds is 4. The summed E-state index contributed by atoms with van der Waals surface area (Å²) in [6.45, 7) is -1.25. The third-order valence-electron chi connectivity index (χ3n) is 4.04. The monoisotopic (exact) mass is 341 g/mol. The molecule has 0 aromatic heterocycles. The van der Waals surface area contributed by atoms with Crippen LogP contribution in [0.25, 0.3) is 0 Å². The Kier molecular flexibility index (Phi) is 6.27. The lowest BCUT2D eigenvalue weighted by Crippen LogP contribution is -2.65. The first kappa shape index (κ1) is 18.9. The number of hydrogen-bond acceptors (Lipinski definition) is 11. The zero-order valence-electron chi connectivity index (χ0n) is 12.1. The predicted molar refractivity (Wildman–Crippen MR) is 70.6 cm³/mol. The largest absolute Gasteiger partial charge is 0.394 e. The van der Waals surface area contributed by atoms with Gasteiger partial charge >= 0.3 is 0 Å². The van der Waals surface area contributed by atoms with Crippen LogP contribution in [0.4, 0.5) is 0 Å². The minimum Gasteiger partial charge on any atom is -0.394 e. The lowest BCUT2D eigenvalue weighted by atomic mass is 9.96. The molecule has 0 aromatic carbocycles. The van der Waals surface area contributed by atoms with Gasteiger partial charge in [0.1, 0.15) is 55.1 Å². The van der Waals surface area contributed by atoms with E-state index in [-0.39, 0.29) is 0 Å². The normalized spacial score (nSPS) is 51.7. The van der Waals surface area contributed by atoms with Gasteiger partial charge in [0, 0.05) is 0 Å². The number of hydrogen-bond donors (Lipinski definition) is 8. The molecule has 2 rings (SSSR count). The van der Waals surface area contributed by atoms with Crippen LogP contribution in [-0.4, -0.2) is 110 Å². The number of aliphatic hydroxyl groups excluding tert-OH is 7. The molecule has 0 aromatic rings. The highest BCUT2D eigenvalue weighted by atomic mass is 16.7. The summed E-state index contributed by atoms with van der Waals surface area (Å²) < 4.78 is 15.6. The number of aliphatic hydroxyl groups is 7. The van der Waals surface area contributed by atoms with E-state index < -0.39 is 74.6 Å². The maximum atomic E-state index is 10.0. The molecule has 11 nitrogen and oxygen atoms in total. The summed E-state index contributed by atoms with van der Waals surface area (Å²) in [5, 5.41) is 67.4. The molecular formula is C12H23NO10. The summed E-state index contributed by atoms with van der Waals surface area (Å²) in [5.74, 6) is 0. The molecule has 0 spiro atoms. The topological polar surface area (TPSA) is 195 Å². The van der Waals surface area contributed by atoms with Crippen molar-refractivity contribution in [3.05, 3.63) is 0 Å². The Labute approximate surface area is 131 Å². The molecular weight excluding hydrogens is 318 g/mol. The van der Waals surface area contributed by atoms with Crippen molar-refractivity contribution in [1.82, 2.24) is 0 Å². The second-order valence-corrected chi connectivity index (χ2v) is 5.60. The van der Waals surface area contributed by atoms with Crippen LogP contribution in [-0.2, 0) is 14.2 Å². The van der Waals surface area contributed by atoms with Gasteiger partial charge in [-0.15, -0.1) is 0 Å². The fourth-order valence-corrected chi connectivity index (χ4v) is 2.62. The van der Waals surface area contributed by atoms with E-state index in [1.165, 1.54) is 0 Å². The van der Waals surface area contributed by atoms with Crippen LogP contribution in [0, 0.1) is 0 Å². The van der Waals surface area contributed by atoms with E-state index in [0.29, 0.717) is 0 Å². The predicted octanol–water partition coefficient (Wildman–Crippen LogP) is -5.43. The summed E-state index contributed by atoms with van der Waals surface area (Å²) in [7, 11) is 0. The lowest BCUT2D eigenvalue weighted by molar-refractivity contribution is -0.341. The van der Waals surface area contributed by atoms with Gasteiger partial charge in [-0.1, -0.05) is 0 Å². The fraction of sp³-hybridized carbons (Fsp3) is 1.00. The Morgan fingerprint density at radius 2 is 1.35 bits per heavy atom. The molecule has 9 N–H and O–H groups in total. The number of nitrogens with two attached hydrogens (primary N) is 1. The van der Waals surface area contributed by atoms with Gasteiger partial charge in [-0.3, -0.25) is 0 Å². The van der Waals surface area contributed by atoms with Gasteiger partial charge in [-0.05, 0) is 0 Å². The SMILES string of the molecule is NC1O[C@H](CO)[C@@H](O[C@H]2O[C@H](CO)[C@@H](O)[C@H](O)[C@H]2O)[C@H](O)[C@H]1O. The van der Waals surface area contributed by atoms with Gasteiger partial charge in [-0.25, -0.2) is 0 Å². The van der Waals surface area contributed by atoms with Crippen LogP contribution in [0.5, 0.6) is 0 Å². The molecule has 2 heterocycles. The first-order valence-electron chi connectivity index (χ1n) is 7.15. The van der Waals surface area contributed by atoms with E-state index in [1.807, 2.05) is 0 Å². The number of ether oxygens (including phenoxy) is 3.